The number of ether oxygens (including phenoxy) is 2. The first kappa shape index (κ1) is 22.1. The van der Waals surface area contributed by atoms with Gasteiger partial charge in [-0.05, 0) is 61.4 Å². The number of carbonyl (C=O) groups excluding carboxylic acids is 1. The lowest BCUT2D eigenvalue weighted by Gasteiger charge is -2.12. The number of nitrogens with one attached hydrogen (secondary N) is 1. The van der Waals surface area contributed by atoms with Crippen LogP contribution in [0.3, 0.4) is 0 Å². The first-order valence-corrected chi connectivity index (χ1v) is 10.1. The van der Waals surface area contributed by atoms with Crippen LogP contribution < -0.4 is 14.8 Å². The number of hydrogen-bond donors (Lipinski definition) is 1. The van der Waals surface area contributed by atoms with Gasteiger partial charge in [0.2, 0.25) is 11.8 Å². The third kappa shape index (κ3) is 5.51. The van der Waals surface area contributed by atoms with E-state index in [1.54, 1.807) is 30.0 Å². The SMILES string of the molecule is C=CCNC(=O)CCc1c(CC)nn(-c2ccc(OC)cc2)c1Oc1ccc(F)cc1. The van der Waals surface area contributed by atoms with E-state index in [0.717, 1.165) is 22.7 Å². The van der Waals surface area contributed by atoms with E-state index in [9.17, 15) is 9.18 Å². The van der Waals surface area contributed by atoms with E-state index < -0.39 is 0 Å². The van der Waals surface area contributed by atoms with Crippen LogP contribution in [0.2, 0.25) is 0 Å². The zero-order valence-corrected chi connectivity index (χ0v) is 17.7. The molecule has 1 amide bonds. The lowest BCUT2D eigenvalue weighted by molar-refractivity contribution is -0.120. The number of aromatic nitrogens is 2. The van der Waals surface area contributed by atoms with Crippen LogP contribution in [0.25, 0.3) is 5.69 Å². The van der Waals surface area contributed by atoms with E-state index in [2.05, 4.69) is 11.9 Å². The van der Waals surface area contributed by atoms with Gasteiger partial charge in [0.15, 0.2) is 0 Å². The second kappa shape index (κ2) is 10.4. The Kier molecular flexibility index (Phi) is 7.43. The van der Waals surface area contributed by atoms with Crippen molar-refractivity contribution in [1.82, 2.24) is 15.1 Å². The zero-order chi connectivity index (χ0) is 22.2. The Bertz CT molecular complexity index is 1030. The third-order valence-corrected chi connectivity index (χ3v) is 4.75. The van der Waals surface area contributed by atoms with Gasteiger partial charge in [0.1, 0.15) is 17.3 Å². The highest BCUT2D eigenvalue weighted by Gasteiger charge is 2.21. The average molecular weight is 423 g/mol. The van der Waals surface area contributed by atoms with Gasteiger partial charge in [0.25, 0.3) is 0 Å². The highest BCUT2D eigenvalue weighted by molar-refractivity contribution is 5.76. The minimum atomic E-state index is -0.343. The number of hydrogen-bond acceptors (Lipinski definition) is 4. The summed E-state index contributed by atoms with van der Waals surface area (Å²) < 4.78 is 26.5. The molecule has 0 aliphatic carbocycles. The van der Waals surface area contributed by atoms with Crippen molar-refractivity contribution < 1.29 is 18.7 Å². The first-order chi connectivity index (χ1) is 15.0. The van der Waals surface area contributed by atoms with Crippen LogP contribution in [0.1, 0.15) is 24.6 Å². The number of benzene rings is 2. The molecule has 0 aliphatic rings. The van der Waals surface area contributed by atoms with E-state index >= 15 is 0 Å². The largest absolute Gasteiger partial charge is 0.497 e. The Morgan fingerprint density at radius 2 is 1.84 bits per heavy atom. The molecule has 1 heterocycles. The monoisotopic (exact) mass is 423 g/mol. The molecule has 31 heavy (non-hydrogen) atoms. The molecule has 3 rings (SSSR count). The Balaban J connectivity index is 1.99. The first-order valence-electron chi connectivity index (χ1n) is 10.1. The van der Waals surface area contributed by atoms with Gasteiger partial charge in [-0.1, -0.05) is 13.0 Å². The van der Waals surface area contributed by atoms with Gasteiger partial charge in [-0.3, -0.25) is 4.79 Å². The molecular weight excluding hydrogens is 397 g/mol. The number of aryl methyl sites for hydroxylation is 1. The van der Waals surface area contributed by atoms with Crippen molar-refractivity contribution in [2.24, 2.45) is 0 Å². The normalized spacial score (nSPS) is 10.5. The van der Waals surface area contributed by atoms with Crippen LogP contribution in [0.4, 0.5) is 4.39 Å². The molecule has 2 aromatic carbocycles. The summed E-state index contributed by atoms with van der Waals surface area (Å²) in [5.41, 5.74) is 2.47. The van der Waals surface area contributed by atoms with Gasteiger partial charge in [-0.25, -0.2) is 9.07 Å². The summed E-state index contributed by atoms with van der Waals surface area (Å²) in [4.78, 5) is 12.1. The predicted molar refractivity (Wildman–Crippen MR) is 117 cm³/mol. The molecule has 0 aliphatic heterocycles. The number of nitrogens with zero attached hydrogens (tertiary/aromatic N) is 2. The molecule has 1 aromatic heterocycles. The molecule has 162 valence electrons. The summed E-state index contributed by atoms with van der Waals surface area (Å²) >= 11 is 0. The molecule has 0 spiro atoms. The highest BCUT2D eigenvalue weighted by atomic mass is 19.1. The lowest BCUT2D eigenvalue weighted by Crippen LogP contribution is -2.23. The van der Waals surface area contributed by atoms with Gasteiger partial charge in [0.05, 0.1) is 18.5 Å². The molecule has 0 bridgehead atoms. The van der Waals surface area contributed by atoms with Gasteiger partial charge in [-0.2, -0.15) is 5.10 Å². The topological polar surface area (TPSA) is 65.4 Å². The fourth-order valence-electron chi connectivity index (χ4n) is 3.14. The van der Waals surface area contributed by atoms with E-state index in [-0.39, 0.29) is 18.1 Å². The fraction of sp³-hybridized carbons (Fsp3) is 0.250. The van der Waals surface area contributed by atoms with Crippen molar-refractivity contribution in [3.05, 3.63) is 78.3 Å². The van der Waals surface area contributed by atoms with Crippen molar-refractivity contribution >= 4 is 5.91 Å². The number of rotatable bonds is 10. The Morgan fingerprint density at radius 3 is 2.45 bits per heavy atom. The Morgan fingerprint density at radius 1 is 1.16 bits per heavy atom. The molecule has 0 fully saturated rings. The van der Waals surface area contributed by atoms with Crippen LogP contribution in [0, 0.1) is 5.82 Å². The van der Waals surface area contributed by atoms with E-state index in [0.29, 0.717) is 31.0 Å². The maximum Gasteiger partial charge on any atom is 0.226 e. The van der Waals surface area contributed by atoms with Crippen LogP contribution in [-0.2, 0) is 17.6 Å². The maximum atomic E-state index is 13.4. The summed E-state index contributed by atoms with van der Waals surface area (Å²) in [7, 11) is 1.61. The van der Waals surface area contributed by atoms with Gasteiger partial charge in [0, 0.05) is 18.5 Å². The molecule has 0 radical (unpaired) electrons. The van der Waals surface area contributed by atoms with Gasteiger partial charge in [-0.15, -0.1) is 6.58 Å². The summed E-state index contributed by atoms with van der Waals surface area (Å²) in [6.07, 6.45) is 3.06. The molecule has 0 saturated heterocycles. The van der Waals surface area contributed by atoms with E-state index in [4.69, 9.17) is 14.6 Å². The van der Waals surface area contributed by atoms with E-state index in [1.807, 2.05) is 31.2 Å². The van der Waals surface area contributed by atoms with Crippen molar-refractivity contribution in [2.75, 3.05) is 13.7 Å². The van der Waals surface area contributed by atoms with Crippen LogP contribution in [0.15, 0.2) is 61.2 Å². The summed E-state index contributed by atoms with van der Waals surface area (Å²) in [6.45, 7) is 6.03. The minimum Gasteiger partial charge on any atom is -0.497 e. The van der Waals surface area contributed by atoms with Crippen molar-refractivity contribution in [2.45, 2.75) is 26.2 Å². The minimum absolute atomic E-state index is 0.0770. The van der Waals surface area contributed by atoms with Crippen molar-refractivity contribution in [3.8, 4) is 23.1 Å². The third-order valence-electron chi connectivity index (χ3n) is 4.75. The second-order valence-corrected chi connectivity index (χ2v) is 6.84. The molecule has 7 heteroatoms. The molecule has 0 atom stereocenters. The standard InChI is InChI=1S/C24H26FN3O3/c1-4-16-26-23(29)15-14-21-22(5-2)27-28(18-8-12-19(30-3)13-9-18)24(21)31-20-10-6-17(25)7-11-20/h4,6-13H,1,5,14-16H2,2-3H3,(H,26,29). The van der Waals surface area contributed by atoms with E-state index in [1.165, 1.54) is 12.1 Å². The van der Waals surface area contributed by atoms with Gasteiger partial charge >= 0.3 is 0 Å². The molecule has 0 unspecified atom stereocenters. The number of amides is 1. The van der Waals surface area contributed by atoms with Crippen LogP contribution in [-0.4, -0.2) is 29.3 Å². The van der Waals surface area contributed by atoms with Crippen molar-refractivity contribution in [3.63, 3.8) is 0 Å². The smallest absolute Gasteiger partial charge is 0.226 e. The quantitative estimate of drug-likeness (QED) is 0.484. The van der Waals surface area contributed by atoms with Gasteiger partial charge < -0.3 is 14.8 Å². The second-order valence-electron chi connectivity index (χ2n) is 6.84. The molecule has 1 N–H and O–H groups in total. The summed E-state index contributed by atoms with van der Waals surface area (Å²) in [5.74, 6) is 1.30. The molecular formula is C24H26FN3O3. The lowest BCUT2D eigenvalue weighted by atomic mass is 10.1. The Labute approximate surface area is 181 Å². The number of halogens is 1. The summed E-state index contributed by atoms with van der Waals surface area (Å²) in [5, 5.41) is 7.52. The zero-order valence-electron chi connectivity index (χ0n) is 17.7. The van der Waals surface area contributed by atoms with Crippen LogP contribution >= 0.6 is 0 Å². The number of carbonyl (C=O) groups is 1. The highest BCUT2D eigenvalue weighted by Crippen LogP contribution is 2.32. The number of methoxy groups -OCH3 is 1. The maximum absolute atomic E-state index is 13.4. The summed E-state index contributed by atoms with van der Waals surface area (Å²) in [6, 6.07) is 13.2. The average Bonchev–Trinajstić information content (AvgIpc) is 3.14. The fourth-order valence-corrected chi connectivity index (χ4v) is 3.14. The van der Waals surface area contributed by atoms with Crippen molar-refractivity contribution in [1.29, 1.82) is 0 Å². The predicted octanol–water partition coefficient (Wildman–Crippen LogP) is 4.61. The Hall–Kier alpha value is -3.61. The molecule has 0 saturated carbocycles. The van der Waals surface area contributed by atoms with Crippen LogP contribution in [0.5, 0.6) is 17.4 Å². The molecule has 3 aromatic rings. The molecule has 6 nitrogen and oxygen atoms in total.